The zero-order valence-corrected chi connectivity index (χ0v) is 9.56. The van der Waals surface area contributed by atoms with Crippen LogP contribution in [0.2, 0.25) is 0 Å². The number of hydrogen-bond donors (Lipinski definition) is 0. The Hall–Kier alpha value is -0.240. The van der Waals surface area contributed by atoms with E-state index in [-0.39, 0.29) is 0 Å². The number of hydrogen-bond acceptors (Lipinski definition) is 0. The SMILES string of the molecule is Cn1cccc1CC(C)(C)CBr. The van der Waals surface area contributed by atoms with Gasteiger partial charge in [-0.3, -0.25) is 0 Å². The number of nitrogens with zero attached hydrogens (tertiary/aromatic N) is 1. The zero-order valence-electron chi connectivity index (χ0n) is 7.97. The summed E-state index contributed by atoms with van der Waals surface area (Å²) in [6.45, 7) is 4.55. The smallest absolute Gasteiger partial charge is 0.0177 e. The second kappa shape index (κ2) is 3.65. The Morgan fingerprint density at radius 2 is 2.17 bits per heavy atom. The first kappa shape index (κ1) is 9.85. The van der Waals surface area contributed by atoms with Crippen LogP contribution in [0.1, 0.15) is 19.5 Å². The van der Waals surface area contributed by atoms with E-state index in [9.17, 15) is 0 Å². The van der Waals surface area contributed by atoms with Crippen molar-refractivity contribution in [3.8, 4) is 0 Å². The Balaban J connectivity index is 2.70. The lowest BCUT2D eigenvalue weighted by atomic mass is 9.90. The normalized spacial score (nSPS) is 12.0. The molecule has 0 saturated carbocycles. The molecule has 0 amide bonds. The second-order valence-corrected chi connectivity index (χ2v) is 4.65. The second-order valence-electron chi connectivity index (χ2n) is 4.09. The molecule has 0 spiro atoms. The molecule has 0 aliphatic heterocycles. The quantitative estimate of drug-likeness (QED) is 0.703. The highest BCUT2D eigenvalue weighted by atomic mass is 79.9. The van der Waals surface area contributed by atoms with Crippen LogP contribution >= 0.6 is 15.9 Å². The van der Waals surface area contributed by atoms with Gasteiger partial charge in [-0.25, -0.2) is 0 Å². The van der Waals surface area contributed by atoms with E-state index in [0.717, 1.165) is 11.8 Å². The minimum absolute atomic E-state index is 0.353. The fourth-order valence-corrected chi connectivity index (χ4v) is 1.42. The van der Waals surface area contributed by atoms with Crippen molar-refractivity contribution < 1.29 is 0 Å². The van der Waals surface area contributed by atoms with Crippen molar-refractivity contribution in [2.45, 2.75) is 20.3 Å². The van der Waals surface area contributed by atoms with E-state index in [1.807, 2.05) is 0 Å². The van der Waals surface area contributed by atoms with Crippen LogP contribution in [0.15, 0.2) is 18.3 Å². The van der Waals surface area contributed by atoms with Crippen LogP contribution in [0.25, 0.3) is 0 Å². The van der Waals surface area contributed by atoms with Crippen molar-refractivity contribution in [2.75, 3.05) is 5.33 Å². The molecule has 2 heteroatoms. The minimum Gasteiger partial charge on any atom is -0.354 e. The predicted octanol–water partition coefficient (Wildman–Crippen LogP) is 2.99. The summed E-state index contributed by atoms with van der Waals surface area (Å²) in [6, 6.07) is 4.28. The van der Waals surface area contributed by atoms with Crippen LogP contribution in [0.5, 0.6) is 0 Å². The summed E-state index contributed by atoms with van der Waals surface area (Å²) in [6.07, 6.45) is 3.22. The molecular formula is C10H16BrN. The van der Waals surface area contributed by atoms with Gasteiger partial charge in [-0.05, 0) is 24.0 Å². The van der Waals surface area contributed by atoms with Crippen LogP contribution in [0, 0.1) is 5.41 Å². The van der Waals surface area contributed by atoms with Gasteiger partial charge in [0.2, 0.25) is 0 Å². The highest BCUT2D eigenvalue weighted by Crippen LogP contribution is 2.23. The summed E-state index contributed by atoms with van der Waals surface area (Å²) in [5.74, 6) is 0. The monoisotopic (exact) mass is 229 g/mol. The summed E-state index contributed by atoms with van der Waals surface area (Å²) in [5, 5.41) is 1.05. The average molecular weight is 230 g/mol. The Labute approximate surface area is 82.9 Å². The van der Waals surface area contributed by atoms with Crippen molar-refractivity contribution in [1.29, 1.82) is 0 Å². The van der Waals surface area contributed by atoms with Gasteiger partial charge >= 0.3 is 0 Å². The number of aromatic nitrogens is 1. The third-order valence-corrected chi connectivity index (χ3v) is 3.59. The van der Waals surface area contributed by atoms with Crippen LogP contribution in [0.4, 0.5) is 0 Å². The van der Waals surface area contributed by atoms with Gasteiger partial charge in [-0.1, -0.05) is 29.8 Å². The van der Waals surface area contributed by atoms with Crippen LogP contribution < -0.4 is 0 Å². The highest BCUT2D eigenvalue weighted by Gasteiger charge is 2.17. The van der Waals surface area contributed by atoms with Gasteiger partial charge < -0.3 is 4.57 Å². The molecule has 1 rings (SSSR count). The molecule has 1 nitrogen and oxygen atoms in total. The third kappa shape index (κ3) is 2.37. The van der Waals surface area contributed by atoms with Crippen LogP contribution in [0.3, 0.4) is 0 Å². The topological polar surface area (TPSA) is 4.93 Å². The maximum Gasteiger partial charge on any atom is 0.0177 e. The van der Waals surface area contributed by atoms with Crippen molar-refractivity contribution in [3.05, 3.63) is 24.0 Å². The van der Waals surface area contributed by atoms with Gasteiger partial charge in [-0.15, -0.1) is 0 Å². The lowest BCUT2D eigenvalue weighted by Crippen LogP contribution is -2.18. The number of halogens is 1. The molecule has 0 aliphatic carbocycles. The van der Waals surface area contributed by atoms with Gasteiger partial charge in [0.1, 0.15) is 0 Å². The van der Waals surface area contributed by atoms with E-state index >= 15 is 0 Å². The first-order chi connectivity index (χ1) is 5.55. The molecule has 0 N–H and O–H groups in total. The van der Waals surface area contributed by atoms with Crippen LogP contribution in [-0.2, 0) is 13.5 Å². The molecule has 0 aromatic carbocycles. The molecule has 0 unspecified atom stereocenters. The molecule has 1 aromatic rings. The van der Waals surface area contributed by atoms with E-state index < -0.39 is 0 Å². The molecule has 1 aromatic heterocycles. The zero-order chi connectivity index (χ0) is 9.19. The molecule has 0 atom stereocenters. The van der Waals surface area contributed by atoms with Gasteiger partial charge in [-0.2, -0.15) is 0 Å². The Kier molecular flexibility index (Phi) is 2.99. The molecule has 0 saturated heterocycles. The van der Waals surface area contributed by atoms with Crippen molar-refractivity contribution in [2.24, 2.45) is 12.5 Å². The largest absolute Gasteiger partial charge is 0.354 e. The Morgan fingerprint density at radius 1 is 1.50 bits per heavy atom. The minimum atomic E-state index is 0.353. The third-order valence-electron chi connectivity index (χ3n) is 2.07. The highest BCUT2D eigenvalue weighted by molar-refractivity contribution is 9.09. The standard InChI is InChI=1S/C10H16BrN/c1-10(2,8-11)7-9-5-4-6-12(9)3/h4-6H,7-8H2,1-3H3. The lowest BCUT2D eigenvalue weighted by molar-refractivity contribution is 0.414. The maximum absolute atomic E-state index is 3.53. The van der Waals surface area contributed by atoms with E-state index in [4.69, 9.17) is 0 Å². The molecule has 0 aliphatic rings. The van der Waals surface area contributed by atoms with Gasteiger partial charge in [0.05, 0.1) is 0 Å². The fraction of sp³-hybridized carbons (Fsp3) is 0.600. The molecule has 68 valence electrons. The van der Waals surface area contributed by atoms with E-state index in [1.165, 1.54) is 5.69 Å². The lowest BCUT2D eigenvalue weighted by Gasteiger charge is -2.21. The molecule has 1 heterocycles. The van der Waals surface area contributed by atoms with Crippen molar-refractivity contribution >= 4 is 15.9 Å². The Bertz CT molecular complexity index is 250. The number of aryl methyl sites for hydroxylation is 1. The fourth-order valence-electron chi connectivity index (χ4n) is 1.22. The van der Waals surface area contributed by atoms with Crippen molar-refractivity contribution in [1.82, 2.24) is 4.57 Å². The first-order valence-corrected chi connectivity index (χ1v) is 5.33. The molecule has 0 bridgehead atoms. The van der Waals surface area contributed by atoms with E-state index in [1.54, 1.807) is 0 Å². The summed E-state index contributed by atoms with van der Waals surface area (Å²) in [7, 11) is 2.10. The molecular weight excluding hydrogens is 214 g/mol. The molecule has 0 fully saturated rings. The van der Waals surface area contributed by atoms with E-state index in [2.05, 4.69) is 59.7 Å². The first-order valence-electron chi connectivity index (χ1n) is 4.21. The summed E-state index contributed by atoms with van der Waals surface area (Å²) < 4.78 is 2.18. The number of rotatable bonds is 3. The van der Waals surface area contributed by atoms with Crippen molar-refractivity contribution in [3.63, 3.8) is 0 Å². The molecule has 12 heavy (non-hydrogen) atoms. The van der Waals surface area contributed by atoms with Gasteiger partial charge in [0.15, 0.2) is 0 Å². The summed E-state index contributed by atoms with van der Waals surface area (Å²) >= 11 is 3.53. The molecule has 0 radical (unpaired) electrons. The van der Waals surface area contributed by atoms with Gasteiger partial charge in [0.25, 0.3) is 0 Å². The average Bonchev–Trinajstić information content (AvgIpc) is 2.36. The summed E-state index contributed by atoms with van der Waals surface area (Å²) in [5.41, 5.74) is 1.76. The van der Waals surface area contributed by atoms with E-state index in [0.29, 0.717) is 5.41 Å². The predicted molar refractivity (Wildman–Crippen MR) is 56.7 cm³/mol. The maximum atomic E-state index is 3.53. The number of alkyl halides is 1. The van der Waals surface area contributed by atoms with Crippen LogP contribution in [-0.4, -0.2) is 9.90 Å². The Morgan fingerprint density at radius 3 is 2.58 bits per heavy atom. The van der Waals surface area contributed by atoms with Gasteiger partial charge in [0, 0.05) is 24.3 Å². The summed E-state index contributed by atoms with van der Waals surface area (Å²) in [4.78, 5) is 0.